The maximum atomic E-state index is 12.6. The lowest BCUT2D eigenvalue weighted by Gasteiger charge is -2.14. The molecule has 0 aliphatic rings. The van der Waals surface area contributed by atoms with Gasteiger partial charge in [0.25, 0.3) is 15.7 Å². The average molecular weight is 492 g/mol. The van der Waals surface area contributed by atoms with Gasteiger partial charge < -0.3 is 5.32 Å². The fraction of sp³-hybridized carbons (Fsp3) is 0.0500. The highest BCUT2D eigenvalue weighted by atomic mass is 35.5. The third kappa shape index (κ3) is 6.30. The van der Waals surface area contributed by atoms with Crippen molar-refractivity contribution in [2.75, 3.05) is 10.1 Å². The van der Waals surface area contributed by atoms with Crippen molar-refractivity contribution in [1.82, 2.24) is 10.7 Å². The van der Waals surface area contributed by atoms with Gasteiger partial charge in [0.2, 0.25) is 0 Å². The molecule has 0 bridgehead atoms. The van der Waals surface area contributed by atoms with Crippen molar-refractivity contribution in [2.24, 2.45) is 0 Å². The van der Waals surface area contributed by atoms with Gasteiger partial charge >= 0.3 is 0 Å². The van der Waals surface area contributed by atoms with E-state index < -0.39 is 20.6 Å². The third-order valence-electron chi connectivity index (χ3n) is 4.16. The molecule has 9 nitrogen and oxygen atoms in total. The molecule has 12 heteroatoms. The van der Waals surface area contributed by atoms with Gasteiger partial charge in [-0.3, -0.25) is 25.7 Å². The second kappa shape index (κ2) is 10.3. The molecule has 0 heterocycles. The normalized spacial score (nSPS) is 10.8. The first-order valence-electron chi connectivity index (χ1n) is 9.15. The summed E-state index contributed by atoms with van der Waals surface area (Å²) in [7, 11) is -4.07. The minimum absolute atomic E-state index is 0.0422. The average Bonchev–Trinajstić information content (AvgIpc) is 2.76. The Labute approximate surface area is 195 Å². The van der Waals surface area contributed by atoms with E-state index in [0.717, 1.165) is 11.6 Å². The molecule has 3 rings (SSSR count). The van der Waals surface area contributed by atoms with E-state index in [1.165, 1.54) is 24.3 Å². The molecule has 3 aromatic carbocycles. The molecule has 0 aromatic heterocycles. The highest BCUT2D eigenvalue weighted by molar-refractivity contribution is 7.92. The SMILES string of the molecule is O=[N+]([O-])c1cc(S(=O)(=O)Nc2cccc(Cl)c2)ccc1NNC(=S)NCc1ccccc1. The van der Waals surface area contributed by atoms with Gasteiger partial charge in [-0.1, -0.05) is 48.0 Å². The smallest absolute Gasteiger partial charge is 0.295 e. The number of nitro benzene ring substituents is 1. The van der Waals surface area contributed by atoms with Crippen molar-refractivity contribution in [3.05, 3.63) is 93.5 Å². The molecule has 0 amide bonds. The van der Waals surface area contributed by atoms with Crippen LogP contribution in [-0.4, -0.2) is 18.5 Å². The summed E-state index contributed by atoms with van der Waals surface area (Å²) in [6.07, 6.45) is 0. The van der Waals surface area contributed by atoms with Crippen LogP contribution in [0.1, 0.15) is 5.56 Å². The summed E-state index contributed by atoms with van der Waals surface area (Å²) < 4.78 is 27.6. The first kappa shape index (κ1) is 23.3. The molecule has 166 valence electrons. The zero-order valence-electron chi connectivity index (χ0n) is 16.4. The predicted molar refractivity (Wildman–Crippen MR) is 128 cm³/mol. The Morgan fingerprint density at radius 1 is 1.03 bits per heavy atom. The van der Waals surface area contributed by atoms with E-state index in [-0.39, 0.29) is 21.4 Å². The molecule has 0 atom stereocenters. The number of anilines is 2. The van der Waals surface area contributed by atoms with Crippen molar-refractivity contribution in [3.63, 3.8) is 0 Å². The number of nitrogens with zero attached hydrogens (tertiary/aromatic N) is 1. The molecular weight excluding hydrogens is 474 g/mol. The van der Waals surface area contributed by atoms with E-state index in [0.29, 0.717) is 11.6 Å². The summed E-state index contributed by atoms with van der Waals surface area (Å²) in [5, 5.41) is 15.0. The van der Waals surface area contributed by atoms with Gasteiger partial charge in [0, 0.05) is 17.6 Å². The van der Waals surface area contributed by atoms with E-state index in [1.54, 1.807) is 12.1 Å². The Bertz CT molecular complexity index is 1240. The number of benzene rings is 3. The van der Waals surface area contributed by atoms with Crippen molar-refractivity contribution in [1.29, 1.82) is 0 Å². The number of hydrazine groups is 1. The first-order valence-corrected chi connectivity index (χ1v) is 11.4. The number of nitro groups is 1. The van der Waals surface area contributed by atoms with E-state index in [1.807, 2.05) is 30.3 Å². The van der Waals surface area contributed by atoms with E-state index >= 15 is 0 Å². The van der Waals surface area contributed by atoms with Gasteiger partial charge in [-0.25, -0.2) is 8.42 Å². The molecule has 0 saturated heterocycles. The summed E-state index contributed by atoms with van der Waals surface area (Å²) in [5.74, 6) is 0. The van der Waals surface area contributed by atoms with Gasteiger partial charge in [-0.15, -0.1) is 0 Å². The molecular formula is C20H18ClN5O4S2. The summed E-state index contributed by atoms with van der Waals surface area (Å²) in [4.78, 5) is 10.5. The van der Waals surface area contributed by atoms with Crippen molar-refractivity contribution in [2.45, 2.75) is 11.4 Å². The maximum absolute atomic E-state index is 12.6. The van der Waals surface area contributed by atoms with Crippen LogP contribution < -0.4 is 20.9 Å². The zero-order chi connectivity index (χ0) is 23.1. The van der Waals surface area contributed by atoms with Crippen LogP contribution in [0.3, 0.4) is 0 Å². The van der Waals surface area contributed by atoms with Crippen molar-refractivity contribution < 1.29 is 13.3 Å². The second-order valence-electron chi connectivity index (χ2n) is 6.47. The monoisotopic (exact) mass is 491 g/mol. The molecule has 4 N–H and O–H groups in total. The van der Waals surface area contributed by atoms with Gasteiger partial charge in [-0.2, -0.15) is 0 Å². The molecule has 3 aromatic rings. The van der Waals surface area contributed by atoms with Crippen molar-refractivity contribution >= 4 is 56.0 Å². The lowest BCUT2D eigenvalue weighted by molar-refractivity contribution is -0.384. The first-order chi connectivity index (χ1) is 15.2. The number of rotatable bonds is 8. The van der Waals surface area contributed by atoms with Gasteiger partial charge in [-0.05, 0) is 48.1 Å². The Morgan fingerprint density at radius 2 is 1.78 bits per heavy atom. The lowest BCUT2D eigenvalue weighted by atomic mass is 10.2. The Morgan fingerprint density at radius 3 is 2.47 bits per heavy atom. The molecule has 0 saturated carbocycles. The highest BCUT2D eigenvalue weighted by Crippen LogP contribution is 2.28. The van der Waals surface area contributed by atoms with Gasteiger partial charge in [0.15, 0.2) is 5.11 Å². The maximum Gasteiger partial charge on any atom is 0.295 e. The van der Waals surface area contributed by atoms with Gasteiger partial charge in [0.1, 0.15) is 5.69 Å². The van der Waals surface area contributed by atoms with Crippen LogP contribution in [0.5, 0.6) is 0 Å². The Hall–Kier alpha value is -3.41. The van der Waals surface area contributed by atoms with Crippen LogP contribution in [0.4, 0.5) is 17.1 Å². The number of sulfonamides is 1. The number of hydrogen-bond donors (Lipinski definition) is 4. The number of thiocarbonyl (C=S) groups is 1. The molecule has 32 heavy (non-hydrogen) atoms. The minimum atomic E-state index is -4.07. The summed E-state index contributed by atoms with van der Waals surface area (Å²) >= 11 is 11.0. The molecule has 0 aliphatic heterocycles. The van der Waals surface area contributed by atoms with Crippen LogP contribution in [0.15, 0.2) is 77.7 Å². The predicted octanol–water partition coefficient (Wildman–Crippen LogP) is 4.04. The summed E-state index contributed by atoms with van der Waals surface area (Å²) in [6, 6.07) is 19.1. The second-order valence-corrected chi connectivity index (χ2v) is 9.00. The standard InChI is InChI=1S/C20H18ClN5O4S2/c21-15-7-4-8-16(11-15)25-32(29,30)17-9-10-18(19(12-17)26(27)28)23-24-20(31)22-13-14-5-2-1-3-6-14/h1-12,23,25H,13H2,(H2,22,24,31). The molecule has 0 aliphatic carbocycles. The molecule has 0 unspecified atom stereocenters. The van der Waals surface area contributed by atoms with Crippen molar-refractivity contribution in [3.8, 4) is 0 Å². The fourth-order valence-electron chi connectivity index (χ4n) is 2.65. The van der Waals surface area contributed by atoms with E-state index in [4.69, 9.17) is 23.8 Å². The van der Waals surface area contributed by atoms with Crippen LogP contribution >= 0.6 is 23.8 Å². The number of nitrogens with one attached hydrogen (secondary N) is 4. The highest BCUT2D eigenvalue weighted by Gasteiger charge is 2.22. The fourth-order valence-corrected chi connectivity index (χ4v) is 4.03. The Kier molecular flexibility index (Phi) is 7.46. The largest absolute Gasteiger partial charge is 0.357 e. The quantitative estimate of drug-likeness (QED) is 0.211. The van der Waals surface area contributed by atoms with Crippen LogP contribution in [0.2, 0.25) is 5.02 Å². The lowest BCUT2D eigenvalue weighted by Crippen LogP contribution is -2.38. The van der Waals surface area contributed by atoms with E-state index in [9.17, 15) is 18.5 Å². The Balaban J connectivity index is 1.70. The summed E-state index contributed by atoms with van der Waals surface area (Å²) in [5.41, 5.74) is 6.13. The third-order valence-corrected chi connectivity index (χ3v) is 6.02. The topological polar surface area (TPSA) is 125 Å². The number of halogens is 1. The molecule has 0 spiro atoms. The zero-order valence-corrected chi connectivity index (χ0v) is 18.8. The minimum Gasteiger partial charge on any atom is -0.357 e. The van der Waals surface area contributed by atoms with Crippen LogP contribution in [0.25, 0.3) is 0 Å². The molecule has 0 fully saturated rings. The van der Waals surface area contributed by atoms with Crippen LogP contribution in [-0.2, 0) is 16.6 Å². The van der Waals surface area contributed by atoms with Crippen LogP contribution in [0, 0.1) is 10.1 Å². The molecule has 0 radical (unpaired) electrons. The van der Waals surface area contributed by atoms with E-state index in [2.05, 4.69) is 20.9 Å². The summed E-state index contributed by atoms with van der Waals surface area (Å²) in [6.45, 7) is 0.461. The van der Waals surface area contributed by atoms with Gasteiger partial charge in [0.05, 0.1) is 15.5 Å². The number of hydrogen-bond acceptors (Lipinski definition) is 6.